The molecule has 0 unspecified atom stereocenters. The number of nitrogen functional groups attached to an aromatic ring is 1. The van der Waals surface area contributed by atoms with Crippen LogP contribution in [-0.4, -0.2) is 18.6 Å². The summed E-state index contributed by atoms with van der Waals surface area (Å²) < 4.78 is 5.21. The molecule has 0 atom stereocenters. The summed E-state index contributed by atoms with van der Waals surface area (Å²) in [5.41, 5.74) is 7.66. The maximum absolute atomic E-state index is 5.64. The van der Waals surface area contributed by atoms with Gasteiger partial charge in [-0.1, -0.05) is 0 Å². The fraction of sp³-hybridized carbons (Fsp3) is 0.444. The van der Waals surface area contributed by atoms with Gasteiger partial charge in [-0.3, -0.25) is 0 Å². The molecule has 0 aliphatic carbocycles. The van der Waals surface area contributed by atoms with E-state index in [0.29, 0.717) is 5.82 Å². The average Bonchev–Trinajstić information content (AvgIpc) is 2.16. The van der Waals surface area contributed by atoms with Crippen LogP contribution in [0, 0.1) is 0 Å². The Kier molecular flexibility index (Phi) is 1.96. The number of nitrogens with one attached hydrogen (secondary N) is 1. The highest BCUT2D eigenvalue weighted by molar-refractivity contribution is 5.64. The summed E-state index contributed by atoms with van der Waals surface area (Å²) in [5.74, 6) is 1.32. The van der Waals surface area contributed by atoms with Crippen molar-refractivity contribution >= 4 is 11.5 Å². The zero-order chi connectivity index (χ0) is 9.26. The molecule has 0 saturated carbocycles. The third-order valence-corrected chi connectivity index (χ3v) is 2.19. The van der Waals surface area contributed by atoms with Crippen LogP contribution in [0.1, 0.15) is 12.1 Å². The largest absolute Gasteiger partial charge is 0.494 e. The highest BCUT2D eigenvalue weighted by atomic mass is 16.5. The van der Waals surface area contributed by atoms with Crippen LogP contribution in [0.5, 0.6) is 5.75 Å². The lowest BCUT2D eigenvalue weighted by atomic mass is 10.1. The number of anilines is 2. The molecular weight excluding hydrogens is 166 g/mol. The van der Waals surface area contributed by atoms with Crippen LogP contribution in [0.2, 0.25) is 0 Å². The SMILES string of the molecule is COc1cc(N)nc2c1NCCC2. The van der Waals surface area contributed by atoms with Gasteiger partial charge in [0, 0.05) is 12.6 Å². The van der Waals surface area contributed by atoms with Gasteiger partial charge < -0.3 is 15.8 Å². The highest BCUT2D eigenvalue weighted by Gasteiger charge is 2.15. The summed E-state index contributed by atoms with van der Waals surface area (Å²) in [6.45, 7) is 0.981. The normalized spacial score (nSPS) is 14.5. The first-order valence-electron chi connectivity index (χ1n) is 4.38. The summed E-state index contributed by atoms with van der Waals surface area (Å²) in [7, 11) is 1.64. The number of nitrogens with two attached hydrogens (primary N) is 1. The van der Waals surface area contributed by atoms with Gasteiger partial charge in [-0.15, -0.1) is 0 Å². The number of aryl methyl sites for hydroxylation is 1. The van der Waals surface area contributed by atoms with E-state index in [2.05, 4.69) is 10.3 Å². The van der Waals surface area contributed by atoms with Crippen molar-refractivity contribution in [3.8, 4) is 5.75 Å². The molecule has 1 aliphatic heterocycles. The molecular formula is C9H13N3O. The molecule has 1 aliphatic rings. The fourth-order valence-corrected chi connectivity index (χ4v) is 1.59. The van der Waals surface area contributed by atoms with Crippen LogP contribution in [0.15, 0.2) is 6.07 Å². The van der Waals surface area contributed by atoms with E-state index in [1.165, 1.54) is 0 Å². The van der Waals surface area contributed by atoms with E-state index < -0.39 is 0 Å². The van der Waals surface area contributed by atoms with Crippen LogP contribution >= 0.6 is 0 Å². The molecule has 0 aromatic carbocycles. The Balaban J connectivity index is 2.50. The predicted octanol–water partition coefficient (Wildman–Crippen LogP) is 1.03. The zero-order valence-corrected chi connectivity index (χ0v) is 7.63. The van der Waals surface area contributed by atoms with E-state index in [1.54, 1.807) is 13.2 Å². The van der Waals surface area contributed by atoms with Crippen LogP contribution in [-0.2, 0) is 6.42 Å². The van der Waals surface area contributed by atoms with E-state index >= 15 is 0 Å². The number of pyridine rings is 1. The second-order valence-electron chi connectivity index (χ2n) is 3.10. The summed E-state index contributed by atoms with van der Waals surface area (Å²) in [6, 6.07) is 1.75. The molecule has 1 aromatic rings. The Morgan fingerprint density at radius 3 is 3.23 bits per heavy atom. The number of nitrogens with zero attached hydrogens (tertiary/aromatic N) is 1. The lowest BCUT2D eigenvalue weighted by Gasteiger charge is -2.19. The first-order valence-corrected chi connectivity index (χ1v) is 4.38. The molecule has 2 heterocycles. The molecule has 70 valence electrons. The quantitative estimate of drug-likeness (QED) is 0.676. The van der Waals surface area contributed by atoms with Crippen molar-refractivity contribution < 1.29 is 4.74 Å². The first-order chi connectivity index (χ1) is 6.31. The molecule has 4 nitrogen and oxygen atoms in total. The third kappa shape index (κ3) is 1.39. The minimum absolute atomic E-state index is 0.527. The molecule has 0 radical (unpaired) electrons. The van der Waals surface area contributed by atoms with Gasteiger partial charge in [0.2, 0.25) is 0 Å². The molecule has 2 rings (SSSR count). The molecule has 0 spiro atoms. The number of methoxy groups -OCH3 is 1. The van der Waals surface area contributed by atoms with Crippen molar-refractivity contribution in [2.75, 3.05) is 24.7 Å². The molecule has 1 aromatic heterocycles. The molecule has 0 bridgehead atoms. The second kappa shape index (κ2) is 3.12. The van der Waals surface area contributed by atoms with E-state index in [0.717, 1.165) is 36.5 Å². The number of ether oxygens (including phenoxy) is 1. The standard InChI is InChI=1S/C9H13N3O/c1-13-7-5-8(10)12-6-3-2-4-11-9(6)7/h5,11H,2-4H2,1H3,(H2,10,12). The van der Waals surface area contributed by atoms with E-state index in [1.807, 2.05) is 0 Å². The van der Waals surface area contributed by atoms with Crippen LogP contribution in [0.3, 0.4) is 0 Å². The van der Waals surface area contributed by atoms with Gasteiger partial charge in [-0.2, -0.15) is 0 Å². The first kappa shape index (κ1) is 8.16. The fourth-order valence-electron chi connectivity index (χ4n) is 1.59. The lowest BCUT2D eigenvalue weighted by Crippen LogP contribution is -2.15. The van der Waals surface area contributed by atoms with Gasteiger partial charge in [0.1, 0.15) is 11.6 Å². The topological polar surface area (TPSA) is 60.2 Å². The molecule has 13 heavy (non-hydrogen) atoms. The van der Waals surface area contributed by atoms with Gasteiger partial charge >= 0.3 is 0 Å². The Hall–Kier alpha value is -1.45. The van der Waals surface area contributed by atoms with Crippen molar-refractivity contribution in [3.05, 3.63) is 11.8 Å². The minimum Gasteiger partial charge on any atom is -0.494 e. The van der Waals surface area contributed by atoms with Crippen LogP contribution in [0.25, 0.3) is 0 Å². The van der Waals surface area contributed by atoms with Crippen LogP contribution < -0.4 is 15.8 Å². The summed E-state index contributed by atoms with van der Waals surface area (Å²) >= 11 is 0. The maximum atomic E-state index is 5.64. The van der Waals surface area contributed by atoms with Crippen molar-refractivity contribution in [2.45, 2.75) is 12.8 Å². The third-order valence-electron chi connectivity index (χ3n) is 2.19. The molecule has 3 N–H and O–H groups in total. The lowest BCUT2D eigenvalue weighted by molar-refractivity contribution is 0.415. The van der Waals surface area contributed by atoms with E-state index in [-0.39, 0.29) is 0 Å². The molecule has 4 heteroatoms. The zero-order valence-electron chi connectivity index (χ0n) is 7.63. The number of fused-ring (bicyclic) bond motifs is 1. The Labute approximate surface area is 77.1 Å². The Bertz CT molecular complexity index is 308. The summed E-state index contributed by atoms with van der Waals surface area (Å²) in [4.78, 5) is 4.26. The van der Waals surface area contributed by atoms with Crippen molar-refractivity contribution in [3.63, 3.8) is 0 Å². The van der Waals surface area contributed by atoms with Gasteiger partial charge in [-0.05, 0) is 12.8 Å². The van der Waals surface area contributed by atoms with Crippen molar-refractivity contribution in [2.24, 2.45) is 0 Å². The monoisotopic (exact) mass is 179 g/mol. The van der Waals surface area contributed by atoms with E-state index in [4.69, 9.17) is 10.5 Å². The second-order valence-corrected chi connectivity index (χ2v) is 3.10. The summed E-state index contributed by atoms with van der Waals surface area (Å²) in [6.07, 6.45) is 2.08. The predicted molar refractivity (Wildman–Crippen MR) is 52.0 cm³/mol. The van der Waals surface area contributed by atoms with Gasteiger partial charge in [0.15, 0.2) is 0 Å². The molecule has 0 fully saturated rings. The number of rotatable bonds is 1. The highest BCUT2D eigenvalue weighted by Crippen LogP contribution is 2.31. The smallest absolute Gasteiger partial charge is 0.147 e. The van der Waals surface area contributed by atoms with Gasteiger partial charge in [0.25, 0.3) is 0 Å². The number of aromatic nitrogens is 1. The van der Waals surface area contributed by atoms with Crippen molar-refractivity contribution in [1.82, 2.24) is 4.98 Å². The number of hydrogen-bond donors (Lipinski definition) is 2. The van der Waals surface area contributed by atoms with Crippen molar-refractivity contribution in [1.29, 1.82) is 0 Å². The van der Waals surface area contributed by atoms with E-state index in [9.17, 15) is 0 Å². The summed E-state index contributed by atoms with van der Waals surface area (Å²) in [5, 5.41) is 3.27. The van der Waals surface area contributed by atoms with Gasteiger partial charge in [0.05, 0.1) is 18.5 Å². The average molecular weight is 179 g/mol. The maximum Gasteiger partial charge on any atom is 0.147 e. The Morgan fingerprint density at radius 2 is 2.46 bits per heavy atom. The minimum atomic E-state index is 0.527. The molecule has 0 amide bonds. The number of hydrogen-bond acceptors (Lipinski definition) is 4. The Morgan fingerprint density at radius 1 is 1.62 bits per heavy atom. The van der Waals surface area contributed by atoms with Crippen LogP contribution in [0.4, 0.5) is 11.5 Å². The van der Waals surface area contributed by atoms with Gasteiger partial charge in [-0.25, -0.2) is 4.98 Å². The molecule has 0 saturated heterocycles.